The average molecular weight is 334 g/mol. The second-order valence-corrected chi connectivity index (χ2v) is 7.28. The second-order valence-electron chi connectivity index (χ2n) is 7.28. The molecule has 2 heterocycles. The van der Waals surface area contributed by atoms with Crippen LogP contribution in [0.2, 0.25) is 0 Å². The van der Waals surface area contributed by atoms with E-state index in [4.69, 9.17) is 0 Å². The highest BCUT2D eigenvalue weighted by Gasteiger charge is 2.53. The van der Waals surface area contributed by atoms with Gasteiger partial charge in [0, 0.05) is 18.5 Å². The fourth-order valence-electron chi connectivity index (χ4n) is 4.42. The lowest BCUT2D eigenvalue weighted by Gasteiger charge is -2.36. The van der Waals surface area contributed by atoms with Crippen LogP contribution in [-0.2, 0) is 22.1 Å². The number of hydrogen-bond acceptors (Lipinski definition) is 3. The predicted molar refractivity (Wildman–Crippen MR) is 83.0 cm³/mol. The molecule has 0 unspecified atom stereocenters. The molecule has 128 valence electrons. The lowest BCUT2D eigenvalue weighted by atomic mass is 9.85. The number of rotatable bonds is 2. The van der Waals surface area contributed by atoms with E-state index in [1.165, 1.54) is 15.9 Å². The van der Waals surface area contributed by atoms with Gasteiger partial charge in [-0.05, 0) is 18.4 Å². The fraction of sp³-hybridized carbons (Fsp3) is 0.556. The number of fused-ring (bicyclic) bond motifs is 1. The quantitative estimate of drug-likeness (QED) is 0.781. The van der Waals surface area contributed by atoms with Crippen LogP contribution in [0.3, 0.4) is 0 Å². The van der Waals surface area contributed by atoms with Gasteiger partial charge in [-0.15, -0.1) is 0 Å². The highest BCUT2D eigenvalue weighted by Crippen LogP contribution is 2.47. The summed E-state index contributed by atoms with van der Waals surface area (Å²) in [5.41, 5.74) is 0.0591. The summed E-state index contributed by atoms with van der Waals surface area (Å²) in [6, 6.07) is 6.48. The lowest BCUT2D eigenvalue weighted by molar-refractivity contribution is -0.146. The minimum Gasteiger partial charge on any atom is -0.275 e. The first-order valence-electron chi connectivity index (χ1n) is 8.45. The van der Waals surface area contributed by atoms with Crippen molar-refractivity contribution in [1.82, 2.24) is 9.80 Å². The van der Waals surface area contributed by atoms with Crippen LogP contribution in [0.25, 0.3) is 0 Å². The van der Waals surface area contributed by atoms with E-state index in [1.807, 2.05) is 0 Å². The van der Waals surface area contributed by atoms with Gasteiger partial charge in [0.2, 0.25) is 11.8 Å². The van der Waals surface area contributed by atoms with Gasteiger partial charge in [-0.2, -0.15) is 8.78 Å². The second kappa shape index (κ2) is 5.34. The van der Waals surface area contributed by atoms with Crippen molar-refractivity contribution < 1.29 is 18.4 Å². The number of alkyl halides is 2. The third kappa shape index (κ3) is 2.35. The Labute approximate surface area is 139 Å². The summed E-state index contributed by atoms with van der Waals surface area (Å²) in [4.78, 5) is 27.7. The molecule has 1 aromatic carbocycles. The first-order valence-corrected chi connectivity index (χ1v) is 8.45. The zero-order chi connectivity index (χ0) is 16.9. The maximum Gasteiger partial charge on any atom is 0.286 e. The summed E-state index contributed by atoms with van der Waals surface area (Å²) < 4.78 is 28.8. The first-order chi connectivity index (χ1) is 11.4. The molecular weight excluding hydrogens is 314 g/mol. The summed E-state index contributed by atoms with van der Waals surface area (Å²) in [7, 11) is 0. The molecule has 1 aromatic rings. The Hall–Kier alpha value is -1.82. The van der Waals surface area contributed by atoms with Gasteiger partial charge in [-0.3, -0.25) is 19.4 Å². The first kappa shape index (κ1) is 15.7. The summed E-state index contributed by atoms with van der Waals surface area (Å²) in [6.45, 7) is -0.173. The minimum atomic E-state index is -2.97. The molecule has 0 radical (unpaired) electrons. The zero-order valence-electron chi connectivity index (χ0n) is 13.4. The van der Waals surface area contributed by atoms with Crippen LogP contribution in [-0.4, -0.2) is 34.8 Å². The van der Waals surface area contributed by atoms with Gasteiger partial charge in [-0.1, -0.05) is 37.1 Å². The molecule has 4 nitrogen and oxygen atoms in total. The molecule has 1 spiro atoms. The molecule has 2 aliphatic heterocycles. The number of carbonyl (C=O) groups excluding carboxylic acids is 2. The van der Waals surface area contributed by atoms with Gasteiger partial charge in [-0.25, -0.2) is 0 Å². The van der Waals surface area contributed by atoms with Crippen LogP contribution in [0.4, 0.5) is 8.78 Å². The normalized spacial score (nSPS) is 25.5. The SMILES string of the molecule is O=C1CC2(CCCC2)C(=O)N1CN1Cc2ccccc2C(F)(F)C1. The maximum absolute atomic E-state index is 14.4. The number of halogens is 2. The Morgan fingerprint density at radius 2 is 1.79 bits per heavy atom. The molecule has 1 aliphatic carbocycles. The van der Waals surface area contributed by atoms with E-state index in [2.05, 4.69) is 0 Å². The van der Waals surface area contributed by atoms with Crippen LogP contribution in [0.5, 0.6) is 0 Å². The smallest absolute Gasteiger partial charge is 0.275 e. The number of benzene rings is 1. The van der Waals surface area contributed by atoms with E-state index in [-0.39, 0.29) is 30.5 Å². The molecule has 0 aromatic heterocycles. The van der Waals surface area contributed by atoms with Gasteiger partial charge in [0.15, 0.2) is 0 Å². The molecule has 2 fully saturated rings. The minimum absolute atomic E-state index is 0.0384. The number of amides is 2. The van der Waals surface area contributed by atoms with Gasteiger partial charge in [0.1, 0.15) is 0 Å². The lowest BCUT2D eigenvalue weighted by Crippen LogP contribution is -2.48. The van der Waals surface area contributed by atoms with Gasteiger partial charge in [0.25, 0.3) is 5.92 Å². The van der Waals surface area contributed by atoms with Crippen molar-refractivity contribution in [2.75, 3.05) is 13.2 Å². The van der Waals surface area contributed by atoms with E-state index in [0.29, 0.717) is 12.1 Å². The Bertz CT molecular complexity index is 698. The molecule has 0 N–H and O–H groups in total. The molecule has 6 heteroatoms. The third-order valence-corrected chi connectivity index (χ3v) is 5.62. The molecular formula is C18H20F2N2O2. The number of likely N-dealkylation sites (tertiary alicyclic amines) is 1. The molecule has 3 aliphatic rings. The van der Waals surface area contributed by atoms with Crippen molar-refractivity contribution in [3.63, 3.8) is 0 Å². The summed E-state index contributed by atoms with van der Waals surface area (Å²) >= 11 is 0. The van der Waals surface area contributed by atoms with Crippen molar-refractivity contribution in [3.8, 4) is 0 Å². The Balaban J connectivity index is 1.54. The average Bonchev–Trinajstić information content (AvgIpc) is 3.08. The number of hydrogen-bond donors (Lipinski definition) is 0. The number of imide groups is 1. The van der Waals surface area contributed by atoms with Crippen LogP contribution < -0.4 is 0 Å². The predicted octanol–water partition coefficient (Wildman–Crippen LogP) is 2.87. The monoisotopic (exact) mass is 334 g/mol. The fourth-order valence-corrected chi connectivity index (χ4v) is 4.42. The topological polar surface area (TPSA) is 40.6 Å². The zero-order valence-corrected chi connectivity index (χ0v) is 13.4. The molecule has 1 saturated carbocycles. The third-order valence-electron chi connectivity index (χ3n) is 5.62. The largest absolute Gasteiger partial charge is 0.286 e. The molecule has 4 rings (SSSR count). The van der Waals surface area contributed by atoms with Gasteiger partial charge < -0.3 is 0 Å². The molecule has 0 atom stereocenters. The molecule has 0 bridgehead atoms. The summed E-state index contributed by atoms with van der Waals surface area (Å²) in [5, 5.41) is 0. The molecule has 1 saturated heterocycles. The van der Waals surface area contributed by atoms with Crippen molar-refractivity contribution in [1.29, 1.82) is 0 Å². The van der Waals surface area contributed by atoms with E-state index >= 15 is 0 Å². The highest BCUT2D eigenvalue weighted by molar-refractivity contribution is 6.06. The summed E-state index contributed by atoms with van der Waals surface area (Å²) in [6.07, 6.45) is 3.65. The summed E-state index contributed by atoms with van der Waals surface area (Å²) in [5.74, 6) is -3.35. The highest BCUT2D eigenvalue weighted by atomic mass is 19.3. The van der Waals surface area contributed by atoms with Crippen LogP contribution >= 0.6 is 0 Å². The van der Waals surface area contributed by atoms with Crippen LogP contribution in [0.1, 0.15) is 43.2 Å². The van der Waals surface area contributed by atoms with Crippen LogP contribution in [0.15, 0.2) is 24.3 Å². The van der Waals surface area contributed by atoms with E-state index in [0.717, 1.165) is 25.7 Å². The van der Waals surface area contributed by atoms with Gasteiger partial charge in [0.05, 0.1) is 18.6 Å². The Morgan fingerprint density at radius 1 is 1.08 bits per heavy atom. The van der Waals surface area contributed by atoms with E-state index in [9.17, 15) is 18.4 Å². The van der Waals surface area contributed by atoms with Crippen molar-refractivity contribution in [2.45, 2.75) is 44.6 Å². The van der Waals surface area contributed by atoms with E-state index in [1.54, 1.807) is 18.2 Å². The maximum atomic E-state index is 14.4. The van der Waals surface area contributed by atoms with Gasteiger partial charge >= 0.3 is 0 Å². The number of carbonyl (C=O) groups is 2. The Morgan fingerprint density at radius 3 is 2.54 bits per heavy atom. The molecule has 24 heavy (non-hydrogen) atoms. The van der Waals surface area contributed by atoms with Crippen molar-refractivity contribution >= 4 is 11.8 Å². The van der Waals surface area contributed by atoms with Crippen LogP contribution in [0, 0.1) is 5.41 Å². The standard InChI is InChI=1S/C18H20F2N2O2/c19-18(20)11-21(10-13-5-1-2-6-14(13)18)12-22-15(23)9-17(16(22)24)7-3-4-8-17/h1-2,5-6H,3-4,7-12H2. The number of nitrogens with zero attached hydrogens (tertiary/aromatic N) is 2. The molecule has 2 amide bonds. The van der Waals surface area contributed by atoms with Crippen molar-refractivity contribution in [3.05, 3.63) is 35.4 Å². The van der Waals surface area contributed by atoms with E-state index < -0.39 is 17.9 Å². The Kier molecular flexibility index (Phi) is 3.49. The van der Waals surface area contributed by atoms with Crippen molar-refractivity contribution in [2.24, 2.45) is 5.41 Å².